The summed E-state index contributed by atoms with van der Waals surface area (Å²) in [6.45, 7) is 6.50. The molecule has 14 heteroatoms. The molecule has 0 saturated carbocycles. The van der Waals surface area contributed by atoms with Crippen molar-refractivity contribution in [1.29, 1.82) is 0 Å². The minimum Gasteiger partial charge on any atom is -0.493 e. The standard InChI is InChI=1S/C21H30O13S/c1-10-9-13(34-35(28,29)30)11(2)8-12(10)31-7-5-6-21(3,4)20(27)33-19-16(24)14(22)15(23)17(32-19)18(25)26/h8-9,14-17,19,22-24H,5-7H2,1-4H3,(H,25,26)(H,28,29,30)/t14-,15+,16-,17+,19+/m1/s1. The lowest BCUT2D eigenvalue weighted by molar-refractivity contribution is -0.288. The molecule has 5 atom stereocenters. The molecule has 198 valence electrons. The van der Waals surface area contributed by atoms with Gasteiger partial charge in [0.1, 0.15) is 29.8 Å². The first kappa shape index (κ1) is 28.7. The van der Waals surface area contributed by atoms with Crippen molar-refractivity contribution in [2.75, 3.05) is 6.61 Å². The summed E-state index contributed by atoms with van der Waals surface area (Å²) in [5.41, 5.74) is -0.153. The van der Waals surface area contributed by atoms with Crippen LogP contribution in [0.2, 0.25) is 0 Å². The van der Waals surface area contributed by atoms with Gasteiger partial charge in [-0.05, 0) is 63.8 Å². The zero-order chi connectivity index (χ0) is 26.7. The molecule has 35 heavy (non-hydrogen) atoms. The van der Waals surface area contributed by atoms with Gasteiger partial charge in [0, 0.05) is 0 Å². The highest BCUT2D eigenvalue weighted by Crippen LogP contribution is 2.31. The van der Waals surface area contributed by atoms with Crippen LogP contribution in [-0.4, -0.2) is 82.6 Å². The highest BCUT2D eigenvalue weighted by molar-refractivity contribution is 7.81. The van der Waals surface area contributed by atoms with E-state index in [4.69, 9.17) is 23.9 Å². The summed E-state index contributed by atoms with van der Waals surface area (Å²) in [4.78, 5) is 23.8. The number of aliphatic hydroxyl groups is 3. The van der Waals surface area contributed by atoms with Crippen molar-refractivity contribution < 1.29 is 61.4 Å². The number of benzene rings is 1. The van der Waals surface area contributed by atoms with Gasteiger partial charge in [-0.15, -0.1) is 0 Å². The molecule has 1 aromatic rings. The number of hydrogen-bond donors (Lipinski definition) is 5. The Bertz CT molecular complexity index is 1040. The molecule has 0 unspecified atom stereocenters. The van der Waals surface area contributed by atoms with E-state index in [1.54, 1.807) is 27.7 Å². The minimum atomic E-state index is -4.67. The number of hydrogen-bond acceptors (Lipinski definition) is 11. The van der Waals surface area contributed by atoms with E-state index in [1.807, 2.05) is 0 Å². The van der Waals surface area contributed by atoms with Gasteiger partial charge in [-0.2, -0.15) is 8.42 Å². The minimum absolute atomic E-state index is 0.0453. The van der Waals surface area contributed by atoms with Crippen molar-refractivity contribution in [1.82, 2.24) is 0 Å². The second-order valence-electron chi connectivity index (χ2n) is 8.87. The maximum Gasteiger partial charge on any atom is 0.446 e. The molecule has 0 aliphatic carbocycles. The Hall–Kier alpha value is -2.49. The number of rotatable bonds is 10. The van der Waals surface area contributed by atoms with Gasteiger partial charge in [-0.25, -0.2) is 4.79 Å². The van der Waals surface area contributed by atoms with E-state index in [0.717, 1.165) is 0 Å². The number of ether oxygens (including phenoxy) is 3. The first-order valence-electron chi connectivity index (χ1n) is 10.6. The molecule has 0 radical (unpaired) electrons. The maximum atomic E-state index is 12.6. The zero-order valence-electron chi connectivity index (χ0n) is 19.6. The first-order valence-corrected chi connectivity index (χ1v) is 11.9. The van der Waals surface area contributed by atoms with Crippen LogP contribution in [-0.2, 0) is 29.5 Å². The topological polar surface area (TPSA) is 206 Å². The quantitative estimate of drug-likeness (QED) is 0.157. The predicted octanol–water partition coefficient (Wildman–Crippen LogP) is 0.106. The van der Waals surface area contributed by atoms with Crippen LogP contribution in [0.15, 0.2) is 12.1 Å². The maximum absolute atomic E-state index is 12.6. The summed E-state index contributed by atoms with van der Waals surface area (Å²) < 4.78 is 50.9. The molecular weight excluding hydrogens is 492 g/mol. The van der Waals surface area contributed by atoms with Crippen LogP contribution in [0.3, 0.4) is 0 Å². The third-order valence-electron chi connectivity index (χ3n) is 5.46. The van der Waals surface area contributed by atoms with Gasteiger partial charge in [0.15, 0.2) is 6.10 Å². The molecule has 13 nitrogen and oxygen atoms in total. The Labute approximate surface area is 202 Å². The summed E-state index contributed by atoms with van der Waals surface area (Å²) >= 11 is 0. The second-order valence-corrected chi connectivity index (χ2v) is 9.89. The van der Waals surface area contributed by atoms with E-state index in [2.05, 4.69) is 4.18 Å². The summed E-state index contributed by atoms with van der Waals surface area (Å²) in [5.74, 6) is -2.02. The monoisotopic (exact) mass is 522 g/mol. The molecule has 1 heterocycles. The fourth-order valence-corrected chi connectivity index (χ4v) is 3.74. The molecule has 0 amide bonds. The third kappa shape index (κ3) is 7.49. The lowest BCUT2D eigenvalue weighted by Crippen LogP contribution is -2.61. The highest BCUT2D eigenvalue weighted by Gasteiger charge is 2.49. The molecule has 5 N–H and O–H groups in total. The Morgan fingerprint density at radius 1 is 1.03 bits per heavy atom. The fourth-order valence-electron chi connectivity index (χ4n) is 3.33. The predicted molar refractivity (Wildman–Crippen MR) is 117 cm³/mol. The van der Waals surface area contributed by atoms with Crippen molar-refractivity contribution in [3.63, 3.8) is 0 Å². The summed E-state index contributed by atoms with van der Waals surface area (Å²) in [7, 11) is -4.67. The van der Waals surface area contributed by atoms with E-state index in [9.17, 15) is 33.3 Å². The number of aryl methyl sites for hydroxylation is 2. The number of carboxylic acids is 1. The molecular formula is C21H30O13S. The van der Waals surface area contributed by atoms with Gasteiger partial charge in [0.05, 0.1) is 12.0 Å². The van der Waals surface area contributed by atoms with Gasteiger partial charge >= 0.3 is 22.3 Å². The van der Waals surface area contributed by atoms with Crippen LogP contribution >= 0.6 is 0 Å². The third-order valence-corrected chi connectivity index (χ3v) is 5.85. The lowest BCUT2D eigenvalue weighted by Gasteiger charge is -2.39. The van der Waals surface area contributed by atoms with Gasteiger partial charge in [-0.3, -0.25) is 9.35 Å². The van der Waals surface area contributed by atoms with E-state index in [1.165, 1.54) is 12.1 Å². The van der Waals surface area contributed by atoms with Crippen molar-refractivity contribution in [2.24, 2.45) is 5.41 Å². The smallest absolute Gasteiger partial charge is 0.446 e. The van der Waals surface area contributed by atoms with Crippen LogP contribution < -0.4 is 8.92 Å². The van der Waals surface area contributed by atoms with Crippen molar-refractivity contribution in [3.05, 3.63) is 23.3 Å². The van der Waals surface area contributed by atoms with Crippen LogP contribution in [0.5, 0.6) is 11.5 Å². The summed E-state index contributed by atoms with van der Waals surface area (Å²) in [6, 6.07) is 2.93. The van der Waals surface area contributed by atoms with Gasteiger partial charge < -0.3 is 38.8 Å². The van der Waals surface area contributed by atoms with E-state index in [-0.39, 0.29) is 18.8 Å². The molecule has 1 aliphatic rings. The van der Waals surface area contributed by atoms with Gasteiger partial charge in [0.2, 0.25) is 6.29 Å². The van der Waals surface area contributed by atoms with E-state index < -0.39 is 58.5 Å². The lowest BCUT2D eigenvalue weighted by atomic mass is 9.88. The van der Waals surface area contributed by atoms with Crippen molar-refractivity contribution >= 4 is 22.3 Å². The number of aliphatic hydroxyl groups excluding tert-OH is 3. The number of aliphatic carboxylic acids is 1. The average molecular weight is 523 g/mol. The number of esters is 1. The molecule has 2 rings (SSSR count). The van der Waals surface area contributed by atoms with Gasteiger partial charge in [-0.1, -0.05) is 0 Å². The first-order chi connectivity index (χ1) is 16.0. The number of carbonyl (C=O) groups is 2. The Balaban J connectivity index is 1.93. The van der Waals surface area contributed by atoms with E-state index >= 15 is 0 Å². The number of carboxylic acid groups (broad SMARTS) is 1. The van der Waals surface area contributed by atoms with Crippen molar-refractivity contribution in [2.45, 2.75) is 71.2 Å². The Morgan fingerprint density at radius 2 is 1.60 bits per heavy atom. The highest BCUT2D eigenvalue weighted by atomic mass is 32.3. The molecule has 0 aromatic heterocycles. The number of carbonyl (C=O) groups excluding carboxylic acids is 1. The molecule has 1 aromatic carbocycles. The van der Waals surface area contributed by atoms with Crippen LogP contribution in [0.1, 0.15) is 37.8 Å². The zero-order valence-corrected chi connectivity index (χ0v) is 20.4. The SMILES string of the molecule is Cc1cc(OS(=O)(=O)O)c(C)cc1OCCCC(C)(C)C(=O)O[C@@H]1O[C@H](C(=O)O)[C@@H](O)[C@@H](O)[C@H]1O. The Morgan fingerprint density at radius 3 is 2.17 bits per heavy atom. The second kappa shape index (κ2) is 11.1. The summed E-state index contributed by atoms with van der Waals surface area (Å²) in [6.07, 6.45) is -8.68. The van der Waals surface area contributed by atoms with Gasteiger partial charge in [0.25, 0.3) is 0 Å². The van der Waals surface area contributed by atoms with Crippen LogP contribution in [0.25, 0.3) is 0 Å². The molecule has 0 bridgehead atoms. The molecule has 0 spiro atoms. The van der Waals surface area contributed by atoms with Crippen LogP contribution in [0.4, 0.5) is 0 Å². The van der Waals surface area contributed by atoms with Crippen LogP contribution in [0, 0.1) is 19.3 Å². The van der Waals surface area contributed by atoms with E-state index in [0.29, 0.717) is 23.3 Å². The molecule has 1 fully saturated rings. The normalized spacial score (nSPS) is 25.1. The van der Waals surface area contributed by atoms with Crippen molar-refractivity contribution in [3.8, 4) is 11.5 Å². The summed E-state index contributed by atoms with van der Waals surface area (Å²) in [5, 5.41) is 38.7. The molecule has 1 saturated heterocycles. The Kier molecular flexibility index (Phi) is 9.08. The largest absolute Gasteiger partial charge is 0.493 e. The molecule has 1 aliphatic heterocycles. The fraction of sp³-hybridized carbons (Fsp3) is 0.619. The average Bonchev–Trinajstić information content (AvgIpc) is 2.73.